The van der Waals surface area contributed by atoms with Gasteiger partial charge in [-0.05, 0) is 24.1 Å². The molecule has 0 bridgehead atoms. The van der Waals surface area contributed by atoms with Gasteiger partial charge in [-0.1, -0.05) is 24.3 Å². The fourth-order valence-electron chi connectivity index (χ4n) is 4.15. The van der Waals surface area contributed by atoms with Crippen molar-refractivity contribution in [1.29, 1.82) is 5.26 Å². The van der Waals surface area contributed by atoms with E-state index in [-0.39, 0.29) is 40.4 Å². The number of pyridine rings is 1. The summed E-state index contributed by atoms with van der Waals surface area (Å²) >= 11 is 0. The Bertz CT molecular complexity index is 1420. The highest BCUT2D eigenvalue weighted by atomic mass is 19.4. The zero-order valence-corrected chi connectivity index (χ0v) is 19.2. The second kappa shape index (κ2) is 9.56. The summed E-state index contributed by atoms with van der Waals surface area (Å²) in [6.07, 6.45) is -0.909. The lowest BCUT2D eigenvalue weighted by molar-refractivity contribution is -0.137. The van der Waals surface area contributed by atoms with Gasteiger partial charge in [-0.2, -0.15) is 18.4 Å². The van der Waals surface area contributed by atoms with Crippen molar-refractivity contribution in [1.82, 2.24) is 25.3 Å². The highest BCUT2D eigenvalue weighted by Gasteiger charge is 2.31. The molecule has 0 radical (unpaired) electrons. The summed E-state index contributed by atoms with van der Waals surface area (Å²) in [5.74, 6) is 0.245. The Morgan fingerprint density at radius 2 is 2.00 bits per heavy atom. The van der Waals surface area contributed by atoms with Gasteiger partial charge in [-0.25, -0.2) is 15.0 Å². The van der Waals surface area contributed by atoms with Crippen LogP contribution in [-0.2, 0) is 10.9 Å². The predicted octanol–water partition coefficient (Wildman–Crippen LogP) is 4.74. The third-order valence-corrected chi connectivity index (χ3v) is 6.10. The Morgan fingerprint density at radius 3 is 2.69 bits per heavy atom. The molecule has 1 aromatic carbocycles. The molecule has 1 saturated heterocycles. The molecule has 184 valence electrons. The van der Waals surface area contributed by atoms with E-state index in [1.807, 2.05) is 37.3 Å². The Balaban J connectivity index is 1.42. The van der Waals surface area contributed by atoms with Gasteiger partial charge in [-0.15, -0.1) is 0 Å². The Hall–Kier alpha value is -4.01. The van der Waals surface area contributed by atoms with Gasteiger partial charge in [-0.3, -0.25) is 0 Å². The highest BCUT2D eigenvalue weighted by molar-refractivity contribution is 5.94. The van der Waals surface area contributed by atoms with Gasteiger partial charge in [0.25, 0.3) is 0 Å². The van der Waals surface area contributed by atoms with E-state index in [0.717, 1.165) is 36.5 Å². The predicted molar refractivity (Wildman–Crippen MR) is 127 cm³/mol. The number of anilines is 1. The number of alkyl halides is 3. The maximum Gasteiger partial charge on any atom is 0.417 e. The number of benzene rings is 1. The second-order valence-electron chi connectivity index (χ2n) is 8.48. The van der Waals surface area contributed by atoms with E-state index in [0.29, 0.717) is 12.2 Å². The first-order valence-electron chi connectivity index (χ1n) is 11.3. The summed E-state index contributed by atoms with van der Waals surface area (Å²) in [5, 5.41) is 16.3. The van der Waals surface area contributed by atoms with Crippen molar-refractivity contribution in [2.24, 2.45) is 0 Å². The van der Waals surface area contributed by atoms with Crippen LogP contribution in [0, 0.1) is 11.3 Å². The number of nitrogens with zero attached hydrogens (tertiary/aromatic N) is 4. The SMILES string of the molecule is CC(Nc1ncc(C#N)c(-c2c[nH]c3ncc(C(F)(F)F)cc23)n1)c1ccc(C2CNCCO2)cc1. The van der Waals surface area contributed by atoms with Crippen LogP contribution in [0.1, 0.15) is 41.3 Å². The molecular formula is C25H22F3N7O. The first-order chi connectivity index (χ1) is 17.3. The molecule has 0 amide bonds. The van der Waals surface area contributed by atoms with E-state index in [1.54, 1.807) is 0 Å². The van der Waals surface area contributed by atoms with Crippen LogP contribution in [-0.4, -0.2) is 39.6 Å². The van der Waals surface area contributed by atoms with E-state index < -0.39 is 11.7 Å². The average molecular weight is 493 g/mol. The van der Waals surface area contributed by atoms with Crippen LogP contribution in [0.5, 0.6) is 0 Å². The van der Waals surface area contributed by atoms with Crippen molar-refractivity contribution in [2.75, 3.05) is 25.0 Å². The molecule has 0 saturated carbocycles. The number of aromatic nitrogens is 4. The molecule has 11 heteroatoms. The normalized spacial score (nSPS) is 17.0. The summed E-state index contributed by atoms with van der Waals surface area (Å²) < 4.78 is 45.6. The van der Waals surface area contributed by atoms with Crippen molar-refractivity contribution in [3.8, 4) is 17.3 Å². The van der Waals surface area contributed by atoms with Crippen LogP contribution in [0.25, 0.3) is 22.3 Å². The number of H-pyrrole nitrogens is 1. The van der Waals surface area contributed by atoms with Gasteiger partial charge in [0.2, 0.25) is 5.95 Å². The van der Waals surface area contributed by atoms with Crippen LogP contribution in [0.2, 0.25) is 0 Å². The summed E-state index contributed by atoms with van der Waals surface area (Å²) in [4.78, 5) is 15.4. The number of hydrogen-bond acceptors (Lipinski definition) is 7. The quantitative estimate of drug-likeness (QED) is 0.368. The standard InChI is InChI=1S/C25H22F3N7O/c1-14(15-2-4-16(5-3-15)21-13-30-6-7-36-21)34-24-33-10-17(9-29)22(35-24)20-12-32-23-19(20)8-18(11-31-23)25(26,27)28/h2-5,8,10-12,14,21,30H,6-7,13H2,1H3,(H,31,32)(H,33,34,35). The number of aromatic amines is 1. The molecule has 0 spiro atoms. The first-order valence-corrected chi connectivity index (χ1v) is 11.3. The van der Waals surface area contributed by atoms with Gasteiger partial charge in [0, 0.05) is 36.4 Å². The minimum Gasteiger partial charge on any atom is -0.371 e. The average Bonchev–Trinajstić information content (AvgIpc) is 3.32. The van der Waals surface area contributed by atoms with Gasteiger partial charge in [0.05, 0.1) is 41.8 Å². The zero-order chi connectivity index (χ0) is 25.3. The van der Waals surface area contributed by atoms with Crippen LogP contribution < -0.4 is 10.6 Å². The highest BCUT2D eigenvalue weighted by Crippen LogP contribution is 2.35. The summed E-state index contributed by atoms with van der Waals surface area (Å²) in [5.41, 5.74) is 2.14. The Morgan fingerprint density at radius 1 is 1.19 bits per heavy atom. The topological polar surface area (TPSA) is 112 Å². The van der Waals surface area contributed by atoms with Gasteiger partial charge in [0.1, 0.15) is 11.7 Å². The smallest absolute Gasteiger partial charge is 0.371 e. The molecule has 4 heterocycles. The third kappa shape index (κ3) is 4.73. The lowest BCUT2D eigenvalue weighted by Gasteiger charge is -2.24. The van der Waals surface area contributed by atoms with Crippen LogP contribution in [0.4, 0.5) is 19.1 Å². The van der Waals surface area contributed by atoms with Crippen molar-refractivity contribution in [3.63, 3.8) is 0 Å². The van der Waals surface area contributed by atoms with Crippen LogP contribution >= 0.6 is 0 Å². The molecule has 0 aliphatic carbocycles. The number of nitriles is 1. The number of morpholine rings is 1. The van der Waals surface area contributed by atoms with Gasteiger partial charge in [0.15, 0.2) is 0 Å². The van der Waals surface area contributed by atoms with E-state index in [2.05, 4.69) is 30.6 Å². The second-order valence-corrected chi connectivity index (χ2v) is 8.48. The zero-order valence-electron chi connectivity index (χ0n) is 19.2. The molecule has 3 N–H and O–H groups in total. The van der Waals surface area contributed by atoms with Crippen molar-refractivity contribution in [3.05, 3.63) is 71.2 Å². The fraction of sp³-hybridized carbons (Fsp3) is 0.280. The van der Waals surface area contributed by atoms with Gasteiger partial charge >= 0.3 is 6.18 Å². The molecular weight excluding hydrogens is 471 g/mol. The van der Waals surface area contributed by atoms with Crippen LogP contribution in [0.15, 0.2) is 48.9 Å². The summed E-state index contributed by atoms with van der Waals surface area (Å²) in [7, 11) is 0. The lowest BCUT2D eigenvalue weighted by atomic mass is 10.0. The molecule has 8 nitrogen and oxygen atoms in total. The van der Waals surface area contributed by atoms with Crippen molar-refractivity contribution < 1.29 is 17.9 Å². The molecule has 4 aromatic rings. The molecule has 3 aromatic heterocycles. The van der Waals surface area contributed by atoms with E-state index in [9.17, 15) is 18.4 Å². The number of ether oxygens (including phenoxy) is 1. The Kier molecular flexibility index (Phi) is 6.30. The van der Waals surface area contributed by atoms with Gasteiger partial charge < -0.3 is 20.4 Å². The minimum atomic E-state index is -4.54. The molecule has 1 fully saturated rings. The largest absolute Gasteiger partial charge is 0.417 e. The van der Waals surface area contributed by atoms with Crippen LogP contribution in [0.3, 0.4) is 0 Å². The van der Waals surface area contributed by atoms with E-state index in [1.165, 1.54) is 12.4 Å². The summed E-state index contributed by atoms with van der Waals surface area (Å²) in [6.45, 7) is 4.23. The number of hydrogen-bond donors (Lipinski definition) is 3. The maximum absolute atomic E-state index is 13.3. The molecule has 36 heavy (non-hydrogen) atoms. The number of halogens is 3. The van der Waals surface area contributed by atoms with Crippen molar-refractivity contribution >= 4 is 17.0 Å². The maximum atomic E-state index is 13.3. The monoisotopic (exact) mass is 493 g/mol. The number of fused-ring (bicyclic) bond motifs is 1. The minimum absolute atomic E-state index is 0.0176. The van der Waals surface area contributed by atoms with E-state index >= 15 is 0 Å². The fourth-order valence-corrected chi connectivity index (χ4v) is 4.15. The lowest BCUT2D eigenvalue weighted by Crippen LogP contribution is -2.33. The third-order valence-electron chi connectivity index (χ3n) is 6.10. The number of rotatable bonds is 5. The Labute approximate surface area is 204 Å². The number of nitrogens with one attached hydrogen (secondary N) is 3. The molecule has 1 aliphatic heterocycles. The summed E-state index contributed by atoms with van der Waals surface area (Å²) in [6, 6.07) is 10.9. The molecule has 1 aliphatic rings. The van der Waals surface area contributed by atoms with Crippen molar-refractivity contribution in [2.45, 2.75) is 25.2 Å². The molecule has 2 unspecified atom stereocenters. The molecule has 5 rings (SSSR count). The van der Waals surface area contributed by atoms with E-state index in [4.69, 9.17) is 4.74 Å². The molecule has 2 atom stereocenters. The first kappa shape index (κ1) is 23.7.